The molecule has 0 radical (unpaired) electrons. The van der Waals surface area contributed by atoms with Crippen molar-refractivity contribution in [2.45, 2.75) is 49.8 Å². The van der Waals surface area contributed by atoms with Crippen LogP contribution in [0.1, 0.15) is 50.8 Å². The first kappa shape index (κ1) is 20.0. The highest BCUT2D eigenvalue weighted by Crippen LogP contribution is 2.33. The Balaban J connectivity index is 1.51. The molecule has 3 heterocycles. The van der Waals surface area contributed by atoms with Crippen molar-refractivity contribution < 1.29 is 8.42 Å². The summed E-state index contributed by atoms with van der Waals surface area (Å²) >= 11 is 0. The average Bonchev–Trinajstić information content (AvgIpc) is 3.04. The van der Waals surface area contributed by atoms with Gasteiger partial charge in [0, 0.05) is 38.4 Å². The van der Waals surface area contributed by atoms with Crippen LogP contribution >= 0.6 is 0 Å². The summed E-state index contributed by atoms with van der Waals surface area (Å²) in [5, 5.41) is 4.62. The molecule has 154 valence electrons. The van der Waals surface area contributed by atoms with E-state index in [0.717, 1.165) is 35.3 Å². The summed E-state index contributed by atoms with van der Waals surface area (Å²) < 4.78 is 29.5. The van der Waals surface area contributed by atoms with Gasteiger partial charge in [-0.1, -0.05) is 32.9 Å². The van der Waals surface area contributed by atoms with E-state index in [1.165, 1.54) is 0 Å². The van der Waals surface area contributed by atoms with Crippen LogP contribution < -0.4 is 0 Å². The number of piperidine rings is 1. The SMILES string of the molecule is Cn1nc(C2CCN(S(=O)(=O)c3ccc(C(C)(C)C)cc3)CC2)c2nccnc21. The minimum absolute atomic E-state index is 0.00497. The Morgan fingerprint density at radius 2 is 1.62 bits per heavy atom. The van der Waals surface area contributed by atoms with Gasteiger partial charge in [0.05, 0.1) is 10.6 Å². The molecule has 0 aliphatic carbocycles. The molecule has 7 nitrogen and oxygen atoms in total. The monoisotopic (exact) mass is 413 g/mol. The van der Waals surface area contributed by atoms with Crippen LogP contribution in [0.2, 0.25) is 0 Å². The van der Waals surface area contributed by atoms with Crippen LogP contribution in [0.5, 0.6) is 0 Å². The molecule has 0 spiro atoms. The Morgan fingerprint density at radius 3 is 2.24 bits per heavy atom. The zero-order valence-electron chi connectivity index (χ0n) is 17.3. The molecular formula is C21H27N5O2S. The molecule has 2 aromatic heterocycles. The highest BCUT2D eigenvalue weighted by atomic mass is 32.2. The average molecular weight is 414 g/mol. The second-order valence-corrected chi connectivity index (χ2v) is 10.6. The topological polar surface area (TPSA) is 81.0 Å². The lowest BCUT2D eigenvalue weighted by Gasteiger charge is -2.30. The van der Waals surface area contributed by atoms with Gasteiger partial charge < -0.3 is 0 Å². The maximum absolute atomic E-state index is 13.1. The van der Waals surface area contributed by atoms with Crippen molar-refractivity contribution in [2.24, 2.45) is 7.05 Å². The maximum atomic E-state index is 13.1. The zero-order valence-corrected chi connectivity index (χ0v) is 18.1. The fraction of sp³-hybridized carbons (Fsp3) is 0.476. The molecule has 0 atom stereocenters. The number of aryl methyl sites for hydroxylation is 1. The summed E-state index contributed by atoms with van der Waals surface area (Å²) in [5.74, 6) is 0.185. The number of hydrogen-bond acceptors (Lipinski definition) is 5. The molecule has 8 heteroatoms. The molecule has 1 aliphatic rings. The van der Waals surface area contributed by atoms with E-state index in [2.05, 4.69) is 35.8 Å². The summed E-state index contributed by atoms with van der Waals surface area (Å²) in [5.41, 5.74) is 3.61. The van der Waals surface area contributed by atoms with E-state index in [1.54, 1.807) is 33.5 Å². The lowest BCUT2D eigenvalue weighted by atomic mass is 9.87. The number of rotatable bonds is 3. The highest BCUT2D eigenvalue weighted by molar-refractivity contribution is 7.89. The van der Waals surface area contributed by atoms with Crippen LogP contribution in [0.4, 0.5) is 0 Å². The zero-order chi connectivity index (χ0) is 20.8. The Hall–Kier alpha value is -2.32. The van der Waals surface area contributed by atoms with Crippen molar-refractivity contribution in [2.75, 3.05) is 13.1 Å². The fourth-order valence-corrected chi connectivity index (χ4v) is 5.39. The Kier molecular flexibility index (Phi) is 4.94. The standard InChI is InChI=1S/C21H27N5O2S/c1-21(2,3)16-5-7-17(8-6-16)29(27,28)26-13-9-15(10-14-26)18-19-20(25(4)24-18)23-12-11-22-19/h5-8,11-12,15H,9-10,13-14H2,1-4H3. The first-order valence-corrected chi connectivity index (χ1v) is 11.4. The molecule has 29 heavy (non-hydrogen) atoms. The first-order chi connectivity index (χ1) is 13.7. The molecule has 0 N–H and O–H groups in total. The highest BCUT2D eigenvalue weighted by Gasteiger charge is 2.32. The summed E-state index contributed by atoms with van der Waals surface area (Å²) in [6.45, 7) is 7.31. The van der Waals surface area contributed by atoms with Crippen molar-refractivity contribution in [1.82, 2.24) is 24.1 Å². The number of hydrogen-bond donors (Lipinski definition) is 0. The number of aromatic nitrogens is 4. The van der Waals surface area contributed by atoms with Gasteiger partial charge in [-0.3, -0.25) is 0 Å². The molecule has 0 bridgehead atoms. The molecule has 1 aliphatic heterocycles. The number of sulfonamides is 1. The number of fused-ring (bicyclic) bond motifs is 1. The van der Waals surface area contributed by atoms with E-state index in [9.17, 15) is 8.42 Å². The van der Waals surface area contributed by atoms with Gasteiger partial charge in [-0.25, -0.2) is 23.1 Å². The van der Waals surface area contributed by atoms with Gasteiger partial charge in [0.25, 0.3) is 0 Å². The van der Waals surface area contributed by atoms with Crippen molar-refractivity contribution >= 4 is 21.2 Å². The molecule has 3 aromatic rings. The molecular weight excluding hydrogens is 386 g/mol. The van der Waals surface area contributed by atoms with E-state index in [1.807, 2.05) is 19.2 Å². The van der Waals surface area contributed by atoms with Crippen LogP contribution in [0.3, 0.4) is 0 Å². The molecule has 1 aromatic carbocycles. The smallest absolute Gasteiger partial charge is 0.243 e. The minimum atomic E-state index is -3.49. The second-order valence-electron chi connectivity index (χ2n) is 8.69. The van der Waals surface area contributed by atoms with Crippen molar-refractivity contribution in [3.63, 3.8) is 0 Å². The predicted octanol–water partition coefficient (Wildman–Crippen LogP) is 3.23. The molecule has 0 unspecified atom stereocenters. The lowest BCUT2D eigenvalue weighted by Crippen LogP contribution is -2.38. The summed E-state index contributed by atoms with van der Waals surface area (Å²) in [6, 6.07) is 7.28. The molecule has 1 fully saturated rings. The number of benzene rings is 1. The quantitative estimate of drug-likeness (QED) is 0.658. The lowest BCUT2D eigenvalue weighted by molar-refractivity contribution is 0.316. The Morgan fingerprint density at radius 1 is 1.00 bits per heavy atom. The molecule has 0 amide bonds. The largest absolute Gasteiger partial charge is 0.249 e. The van der Waals surface area contributed by atoms with Crippen LogP contribution in [-0.4, -0.2) is 45.6 Å². The third-order valence-corrected chi connectivity index (χ3v) is 7.60. The van der Waals surface area contributed by atoms with Crippen molar-refractivity contribution in [3.8, 4) is 0 Å². The summed E-state index contributed by atoms with van der Waals surface area (Å²) in [7, 11) is -1.62. The first-order valence-electron chi connectivity index (χ1n) is 9.92. The van der Waals surface area contributed by atoms with Crippen LogP contribution in [0, 0.1) is 0 Å². The summed E-state index contributed by atoms with van der Waals surface area (Å²) in [6.07, 6.45) is 4.78. The Bertz CT molecular complexity index is 1120. The van der Waals surface area contributed by atoms with Crippen LogP contribution in [0.25, 0.3) is 11.2 Å². The number of nitrogens with zero attached hydrogens (tertiary/aromatic N) is 5. The Labute approximate surface area is 171 Å². The van der Waals surface area contributed by atoms with Gasteiger partial charge in [-0.15, -0.1) is 0 Å². The fourth-order valence-electron chi connectivity index (χ4n) is 3.93. The minimum Gasteiger partial charge on any atom is -0.249 e. The van der Waals surface area contributed by atoms with E-state index >= 15 is 0 Å². The van der Waals surface area contributed by atoms with Gasteiger partial charge in [0.15, 0.2) is 5.65 Å². The van der Waals surface area contributed by atoms with Crippen LogP contribution in [0.15, 0.2) is 41.6 Å². The van der Waals surface area contributed by atoms with Gasteiger partial charge in [0.1, 0.15) is 5.52 Å². The van der Waals surface area contributed by atoms with Gasteiger partial charge in [0.2, 0.25) is 10.0 Å². The molecule has 4 rings (SSSR count). The van der Waals surface area contributed by atoms with Crippen LogP contribution in [-0.2, 0) is 22.5 Å². The third kappa shape index (κ3) is 3.67. The third-order valence-electron chi connectivity index (χ3n) is 5.68. The summed E-state index contributed by atoms with van der Waals surface area (Å²) in [4.78, 5) is 9.15. The maximum Gasteiger partial charge on any atom is 0.243 e. The molecule has 1 saturated heterocycles. The normalized spacial score (nSPS) is 17.1. The van der Waals surface area contributed by atoms with Gasteiger partial charge in [-0.2, -0.15) is 9.40 Å². The van der Waals surface area contributed by atoms with E-state index < -0.39 is 10.0 Å². The second kappa shape index (κ2) is 7.18. The predicted molar refractivity (Wildman–Crippen MR) is 112 cm³/mol. The van der Waals surface area contributed by atoms with Gasteiger partial charge in [-0.05, 0) is 36.0 Å². The van der Waals surface area contributed by atoms with E-state index in [0.29, 0.717) is 18.0 Å². The van der Waals surface area contributed by atoms with Gasteiger partial charge >= 0.3 is 0 Å². The van der Waals surface area contributed by atoms with E-state index in [4.69, 9.17) is 0 Å². The van der Waals surface area contributed by atoms with Crippen molar-refractivity contribution in [1.29, 1.82) is 0 Å². The van der Waals surface area contributed by atoms with Crippen molar-refractivity contribution in [3.05, 3.63) is 47.9 Å². The van der Waals surface area contributed by atoms with E-state index in [-0.39, 0.29) is 11.3 Å². The molecule has 0 saturated carbocycles.